The average Bonchev–Trinajstić information content (AvgIpc) is 2.86. The van der Waals surface area contributed by atoms with Gasteiger partial charge in [-0.3, -0.25) is 14.1 Å². The number of alkyl halides is 1. The fourth-order valence-electron chi connectivity index (χ4n) is 2.18. The summed E-state index contributed by atoms with van der Waals surface area (Å²) < 4.78 is 77.5. The second-order valence-electron chi connectivity index (χ2n) is 5.43. The summed E-state index contributed by atoms with van der Waals surface area (Å²) in [6.45, 7) is -0.916. The zero-order valence-electron chi connectivity index (χ0n) is 13.7. The van der Waals surface area contributed by atoms with Crippen molar-refractivity contribution in [2.24, 2.45) is 0 Å². The van der Waals surface area contributed by atoms with Gasteiger partial charge in [-0.1, -0.05) is 12.2 Å². The van der Waals surface area contributed by atoms with Crippen molar-refractivity contribution >= 4 is 35.7 Å². The minimum atomic E-state index is -5.70. The molecule has 14 nitrogen and oxygen atoms in total. The van der Waals surface area contributed by atoms with Gasteiger partial charge in [-0.05, 0) is 0 Å². The fourth-order valence-corrected chi connectivity index (χ4v) is 5.37. The lowest BCUT2D eigenvalue weighted by atomic mass is 10.2. The Bertz CT molecular complexity index is 1020. The molecular formula is C9H13F2N2O12P3S. The van der Waals surface area contributed by atoms with Gasteiger partial charge in [-0.25, -0.2) is 27.3 Å². The number of hydrogen-bond donors (Lipinski definition) is 5. The molecule has 1 aliphatic rings. The lowest BCUT2D eigenvalue weighted by molar-refractivity contribution is -0.0393. The van der Waals surface area contributed by atoms with Crippen molar-refractivity contribution in [1.29, 1.82) is 0 Å². The standard InChI is InChI=1S/C9H13F2N2O12P3S/c10-5-1-4(23-8(5)13-2-6(11)7(29)12-9(13)14)3-22-27(18,19)25-28(20,21)24-26(15,16)17/h2,4-5,8H,1,3H2,(H,18,19)(H,20,21)(H,12,14,29)(H2,15,16,17). The van der Waals surface area contributed by atoms with Crippen molar-refractivity contribution in [3.8, 4) is 0 Å². The summed E-state index contributed by atoms with van der Waals surface area (Å²) in [5.41, 5.74) is -0.988. The molecule has 0 spiro atoms. The monoisotopic (exact) mass is 504 g/mol. The zero-order chi connectivity index (χ0) is 22.2. The molecule has 0 aromatic carbocycles. The molecule has 20 heteroatoms. The van der Waals surface area contributed by atoms with Crippen LogP contribution in [0.4, 0.5) is 8.78 Å². The van der Waals surface area contributed by atoms with Crippen LogP contribution in [0.1, 0.15) is 12.6 Å². The number of phosphoric acid groups is 3. The molecule has 5 N–H and O–H groups in total. The van der Waals surface area contributed by atoms with E-state index in [1.54, 1.807) is 0 Å². The van der Waals surface area contributed by atoms with Crippen LogP contribution in [0.2, 0.25) is 0 Å². The predicted molar refractivity (Wildman–Crippen MR) is 89.1 cm³/mol. The van der Waals surface area contributed by atoms with Crippen LogP contribution in [0.3, 0.4) is 0 Å². The highest BCUT2D eigenvalue weighted by molar-refractivity contribution is 7.71. The first-order valence-electron chi connectivity index (χ1n) is 7.17. The Labute approximate surface area is 164 Å². The molecule has 0 bridgehead atoms. The van der Waals surface area contributed by atoms with Gasteiger partial charge >= 0.3 is 29.2 Å². The molecule has 0 saturated carbocycles. The van der Waals surface area contributed by atoms with Gasteiger partial charge in [-0.2, -0.15) is 8.62 Å². The van der Waals surface area contributed by atoms with E-state index in [9.17, 15) is 32.2 Å². The second-order valence-corrected chi connectivity index (χ2v) is 10.3. The lowest BCUT2D eigenvalue weighted by Gasteiger charge is -2.18. The molecule has 1 fully saturated rings. The zero-order valence-corrected chi connectivity index (χ0v) is 17.2. The van der Waals surface area contributed by atoms with Crippen LogP contribution in [0.5, 0.6) is 0 Å². The van der Waals surface area contributed by atoms with E-state index in [1.807, 2.05) is 4.98 Å². The van der Waals surface area contributed by atoms with Crippen LogP contribution in [0, 0.1) is 10.5 Å². The summed E-state index contributed by atoms with van der Waals surface area (Å²) in [7, 11) is -16.7. The maximum absolute atomic E-state index is 14.2. The Kier molecular flexibility index (Phi) is 7.49. The molecule has 1 aromatic rings. The van der Waals surface area contributed by atoms with E-state index < -0.39 is 71.1 Å². The van der Waals surface area contributed by atoms with Gasteiger partial charge < -0.3 is 24.3 Å². The third-order valence-corrected chi connectivity index (χ3v) is 7.27. The van der Waals surface area contributed by atoms with Crippen molar-refractivity contribution in [2.45, 2.75) is 24.9 Å². The molecule has 0 aliphatic carbocycles. The molecule has 1 saturated heterocycles. The average molecular weight is 504 g/mol. The molecule has 166 valence electrons. The largest absolute Gasteiger partial charge is 0.490 e. The van der Waals surface area contributed by atoms with Gasteiger partial charge in [-0.15, -0.1) is 0 Å². The Balaban J connectivity index is 2.02. The summed E-state index contributed by atoms with van der Waals surface area (Å²) in [6, 6.07) is 0. The smallest absolute Gasteiger partial charge is 0.349 e. The summed E-state index contributed by atoms with van der Waals surface area (Å²) >= 11 is 4.51. The third kappa shape index (κ3) is 7.21. The number of phosphoric ester groups is 1. The van der Waals surface area contributed by atoms with Crippen LogP contribution >= 0.6 is 35.7 Å². The van der Waals surface area contributed by atoms with E-state index >= 15 is 0 Å². The molecule has 0 amide bonds. The first-order valence-corrected chi connectivity index (χ1v) is 12.1. The second kappa shape index (κ2) is 8.83. The van der Waals surface area contributed by atoms with Gasteiger partial charge in [0, 0.05) is 6.42 Å². The lowest BCUT2D eigenvalue weighted by Crippen LogP contribution is -2.31. The van der Waals surface area contributed by atoms with Crippen LogP contribution in [-0.4, -0.2) is 48.0 Å². The van der Waals surface area contributed by atoms with Crippen molar-refractivity contribution in [3.05, 3.63) is 27.1 Å². The van der Waals surface area contributed by atoms with E-state index in [1.165, 1.54) is 0 Å². The SMILES string of the molecule is O=c1[nH]c(=S)c(F)cn1C1OC(COP(=O)(O)OP(=O)(O)OP(=O)(O)O)CC1F. The number of halogens is 2. The van der Waals surface area contributed by atoms with Crippen LogP contribution in [0.15, 0.2) is 11.0 Å². The Hall–Kier alpha value is -0.670. The molecule has 1 aliphatic heterocycles. The van der Waals surface area contributed by atoms with E-state index in [-0.39, 0.29) is 0 Å². The van der Waals surface area contributed by atoms with Gasteiger partial charge in [0.1, 0.15) is 10.8 Å². The van der Waals surface area contributed by atoms with Crippen LogP contribution in [-0.2, 0) is 31.6 Å². The van der Waals surface area contributed by atoms with Gasteiger partial charge in [0.05, 0.1) is 18.9 Å². The van der Waals surface area contributed by atoms with E-state index in [0.29, 0.717) is 10.8 Å². The molecule has 5 atom stereocenters. The first kappa shape index (κ1) is 24.6. The van der Waals surface area contributed by atoms with Gasteiger partial charge in [0.2, 0.25) is 0 Å². The van der Waals surface area contributed by atoms with E-state index in [4.69, 9.17) is 19.4 Å². The van der Waals surface area contributed by atoms with Crippen molar-refractivity contribution in [1.82, 2.24) is 9.55 Å². The molecule has 2 heterocycles. The van der Waals surface area contributed by atoms with Crippen molar-refractivity contribution in [2.75, 3.05) is 6.61 Å². The summed E-state index contributed by atoms with van der Waals surface area (Å²) in [5.74, 6) is -1.04. The van der Waals surface area contributed by atoms with Crippen molar-refractivity contribution in [3.63, 3.8) is 0 Å². The first-order chi connectivity index (χ1) is 13.1. The van der Waals surface area contributed by atoms with Gasteiger partial charge in [0.15, 0.2) is 12.0 Å². The Morgan fingerprint density at radius 3 is 2.45 bits per heavy atom. The molecule has 0 radical (unpaired) electrons. The summed E-state index contributed by atoms with van der Waals surface area (Å²) in [6.07, 6.45) is -4.71. The van der Waals surface area contributed by atoms with E-state index in [0.717, 1.165) is 0 Å². The number of nitrogens with one attached hydrogen (secondary N) is 1. The fraction of sp³-hybridized carbons (Fsp3) is 0.556. The highest BCUT2D eigenvalue weighted by Crippen LogP contribution is 2.66. The number of aromatic amines is 1. The van der Waals surface area contributed by atoms with E-state index in [2.05, 4.69) is 25.4 Å². The topological polar surface area (TPSA) is 207 Å². The highest BCUT2D eigenvalue weighted by atomic mass is 32.1. The predicted octanol–water partition coefficient (Wildman–Crippen LogP) is 1.01. The maximum Gasteiger partial charge on any atom is 0.490 e. The maximum atomic E-state index is 14.2. The molecule has 1 aromatic heterocycles. The van der Waals surface area contributed by atoms with Crippen molar-refractivity contribution < 1.29 is 59.9 Å². The normalized spacial score (nSPS) is 26.8. The molecule has 2 rings (SSSR count). The van der Waals surface area contributed by atoms with Gasteiger partial charge in [0.25, 0.3) is 0 Å². The molecule has 5 unspecified atom stereocenters. The van der Waals surface area contributed by atoms with Crippen LogP contribution in [0.25, 0.3) is 0 Å². The minimum absolute atomic E-state index is 0.496. The number of ether oxygens (including phenoxy) is 1. The quantitative estimate of drug-likeness (QED) is 0.248. The number of hydrogen-bond acceptors (Lipinski definition) is 9. The number of rotatable bonds is 8. The number of nitrogens with zero attached hydrogens (tertiary/aromatic N) is 1. The summed E-state index contributed by atoms with van der Waals surface area (Å²) in [5, 5.41) is 0. The highest BCUT2D eigenvalue weighted by Gasteiger charge is 2.43. The molecular weight excluding hydrogens is 491 g/mol. The molecule has 29 heavy (non-hydrogen) atoms. The Morgan fingerprint density at radius 1 is 1.24 bits per heavy atom. The third-order valence-electron chi connectivity index (χ3n) is 3.17. The van der Waals surface area contributed by atoms with Crippen LogP contribution < -0.4 is 5.69 Å². The Morgan fingerprint density at radius 2 is 1.86 bits per heavy atom. The number of H-pyrrole nitrogens is 1. The number of aromatic nitrogens is 2. The minimum Gasteiger partial charge on any atom is -0.349 e. The summed E-state index contributed by atoms with van der Waals surface area (Å²) in [4.78, 5) is 48.9.